The van der Waals surface area contributed by atoms with E-state index in [-0.39, 0.29) is 17.4 Å². The molecule has 0 bridgehead atoms. The first-order chi connectivity index (χ1) is 20.1. The predicted molar refractivity (Wildman–Crippen MR) is 169 cm³/mol. The highest BCUT2D eigenvalue weighted by Crippen LogP contribution is 2.66. The molecule has 7 aromatic rings. The Morgan fingerprint density at radius 2 is 1.56 bits per heavy atom. The maximum Gasteiger partial charge on any atom is 0.231 e. The van der Waals surface area contributed by atoms with Crippen LogP contribution in [-0.2, 0) is 5.41 Å². The second-order valence-electron chi connectivity index (χ2n) is 11.7. The van der Waals surface area contributed by atoms with Crippen molar-refractivity contribution in [2.45, 2.75) is 31.2 Å². The molecule has 194 valence electrons. The maximum atomic E-state index is 5.40. The van der Waals surface area contributed by atoms with Crippen LogP contribution in [0.5, 0.6) is 0 Å². The molecule has 5 aromatic carbocycles. The Bertz CT molecular complexity index is 2160. The summed E-state index contributed by atoms with van der Waals surface area (Å²) in [6.07, 6.45) is 0. The van der Waals surface area contributed by atoms with Gasteiger partial charge in [-0.3, -0.25) is 0 Å². The van der Waals surface area contributed by atoms with Gasteiger partial charge in [0.25, 0.3) is 0 Å². The number of nitrogens with zero attached hydrogens (tertiary/aromatic N) is 3. The van der Waals surface area contributed by atoms with E-state index in [0.717, 1.165) is 32.8 Å². The average molecular weight is 544 g/mol. The number of rotatable bonds is 2. The van der Waals surface area contributed by atoms with Gasteiger partial charge in [-0.15, -0.1) is 11.3 Å². The van der Waals surface area contributed by atoms with Crippen molar-refractivity contribution < 1.29 is 0 Å². The first-order valence-electron chi connectivity index (χ1n) is 14.1. The number of fused-ring (bicyclic) bond motifs is 10. The third-order valence-electron chi connectivity index (χ3n) is 9.20. The van der Waals surface area contributed by atoms with Crippen LogP contribution in [0.2, 0.25) is 0 Å². The van der Waals surface area contributed by atoms with Crippen molar-refractivity contribution in [3.63, 3.8) is 0 Å². The SMILES string of the molecule is CC1(C)c2ccccc2[C@H]2C1c1ccc3c(sc4c#cccc43)c1N2c1nc(-c2ccccc2)c2ccccc2n1. The molecule has 0 radical (unpaired) electrons. The van der Waals surface area contributed by atoms with Crippen LogP contribution in [0.3, 0.4) is 0 Å². The Kier molecular flexibility index (Phi) is 4.58. The van der Waals surface area contributed by atoms with Gasteiger partial charge >= 0.3 is 0 Å². The average Bonchev–Trinajstić information content (AvgIpc) is 3.64. The lowest BCUT2D eigenvalue weighted by Crippen LogP contribution is -2.26. The number of para-hydroxylation sites is 1. The fraction of sp³-hybridized carbons (Fsp3) is 0.135. The first kappa shape index (κ1) is 23.0. The molecule has 41 heavy (non-hydrogen) atoms. The van der Waals surface area contributed by atoms with Crippen LogP contribution in [0, 0.1) is 12.1 Å². The topological polar surface area (TPSA) is 29.0 Å². The van der Waals surface area contributed by atoms with Crippen molar-refractivity contribution in [3.05, 3.63) is 132 Å². The molecule has 9 rings (SSSR count). The van der Waals surface area contributed by atoms with E-state index in [2.05, 4.69) is 128 Å². The third-order valence-corrected chi connectivity index (χ3v) is 10.3. The smallest absolute Gasteiger partial charge is 0.231 e. The Balaban J connectivity index is 1.40. The molecule has 0 saturated carbocycles. The Hall–Kier alpha value is -4.72. The zero-order chi connectivity index (χ0) is 27.3. The van der Waals surface area contributed by atoms with E-state index >= 15 is 0 Å². The summed E-state index contributed by atoms with van der Waals surface area (Å²) in [5, 5.41) is 3.55. The minimum Gasteiger partial charge on any atom is -0.301 e. The number of benzene rings is 4. The summed E-state index contributed by atoms with van der Waals surface area (Å²) in [4.78, 5) is 13.2. The van der Waals surface area contributed by atoms with E-state index in [0.29, 0.717) is 0 Å². The summed E-state index contributed by atoms with van der Waals surface area (Å²) in [5.74, 6) is 1.03. The summed E-state index contributed by atoms with van der Waals surface area (Å²) >= 11 is 1.81. The number of hydrogen-bond donors (Lipinski definition) is 0. The molecule has 3 heterocycles. The lowest BCUT2D eigenvalue weighted by atomic mass is 9.75. The van der Waals surface area contributed by atoms with E-state index in [9.17, 15) is 0 Å². The summed E-state index contributed by atoms with van der Waals surface area (Å²) in [7, 11) is 0. The van der Waals surface area contributed by atoms with Crippen LogP contribution in [0.1, 0.15) is 42.5 Å². The fourth-order valence-electron chi connectivity index (χ4n) is 7.45. The van der Waals surface area contributed by atoms with Gasteiger partial charge in [0, 0.05) is 27.6 Å². The van der Waals surface area contributed by atoms with Crippen molar-refractivity contribution in [2.75, 3.05) is 4.90 Å². The molecule has 0 N–H and O–H groups in total. The zero-order valence-electron chi connectivity index (χ0n) is 22.7. The van der Waals surface area contributed by atoms with Crippen LogP contribution < -0.4 is 4.90 Å². The van der Waals surface area contributed by atoms with Crippen LogP contribution >= 0.6 is 11.3 Å². The van der Waals surface area contributed by atoms with E-state index in [4.69, 9.17) is 9.97 Å². The standard InChI is InChI=1S/C37H25N3S/c1-37(2)28-17-9-6-15-25(28)33-31(37)27-21-20-24-23-14-8-11-19-30(23)41-35(24)34(27)40(33)36-38-29-18-10-7-16-26(29)32(39-36)22-12-4-3-5-13-22/h3-10,12-18,20-21,31,33H,1-2H3/t31?,33-/m0/s1. The number of aromatic nitrogens is 2. The van der Waals surface area contributed by atoms with Crippen molar-refractivity contribution in [2.24, 2.45) is 0 Å². The summed E-state index contributed by atoms with van der Waals surface area (Å²) < 4.78 is 2.41. The van der Waals surface area contributed by atoms with Gasteiger partial charge in [0.05, 0.1) is 32.3 Å². The summed E-state index contributed by atoms with van der Waals surface area (Å²) in [6.45, 7) is 4.80. The van der Waals surface area contributed by atoms with Gasteiger partial charge in [-0.1, -0.05) is 111 Å². The summed E-state index contributed by atoms with van der Waals surface area (Å²) in [6, 6.07) is 43.3. The molecule has 0 amide bonds. The first-order valence-corrected chi connectivity index (χ1v) is 14.9. The number of thiophene rings is 1. The fourth-order valence-corrected chi connectivity index (χ4v) is 8.66. The highest BCUT2D eigenvalue weighted by Gasteiger charge is 2.55. The third kappa shape index (κ3) is 3.05. The summed E-state index contributed by atoms with van der Waals surface area (Å²) in [5.41, 5.74) is 8.36. The second kappa shape index (κ2) is 8.16. The van der Waals surface area contributed by atoms with Crippen LogP contribution in [0.15, 0.2) is 103 Å². The van der Waals surface area contributed by atoms with Crippen LogP contribution in [0.4, 0.5) is 11.6 Å². The van der Waals surface area contributed by atoms with Gasteiger partial charge in [0.1, 0.15) is 0 Å². The van der Waals surface area contributed by atoms with Gasteiger partial charge in [-0.25, -0.2) is 9.97 Å². The molecule has 0 fully saturated rings. The Labute approximate surface area is 242 Å². The molecule has 4 heteroatoms. The van der Waals surface area contributed by atoms with Crippen molar-refractivity contribution in [3.8, 4) is 11.3 Å². The molecule has 1 aliphatic heterocycles. The molecular weight excluding hydrogens is 518 g/mol. The molecule has 3 nitrogen and oxygen atoms in total. The monoisotopic (exact) mass is 543 g/mol. The lowest BCUT2D eigenvalue weighted by molar-refractivity contribution is 0.419. The molecule has 0 saturated heterocycles. The van der Waals surface area contributed by atoms with E-state index in [1.54, 1.807) is 11.3 Å². The number of hydrogen-bond acceptors (Lipinski definition) is 4. The molecule has 2 aromatic heterocycles. The Morgan fingerprint density at radius 1 is 0.756 bits per heavy atom. The van der Waals surface area contributed by atoms with Gasteiger partial charge in [-0.2, -0.15) is 0 Å². The normalized spacial score (nSPS) is 18.4. The molecule has 1 aliphatic carbocycles. The number of anilines is 2. The quantitative estimate of drug-likeness (QED) is 0.217. The maximum absolute atomic E-state index is 5.40. The van der Waals surface area contributed by atoms with Gasteiger partial charge in [0.2, 0.25) is 5.95 Å². The minimum atomic E-state index is -0.0475. The van der Waals surface area contributed by atoms with Gasteiger partial charge in [0.15, 0.2) is 0 Å². The predicted octanol–water partition coefficient (Wildman–Crippen LogP) is 9.53. The molecule has 0 spiro atoms. The molecule has 2 aliphatic rings. The van der Waals surface area contributed by atoms with E-state index < -0.39 is 0 Å². The van der Waals surface area contributed by atoms with Crippen molar-refractivity contribution in [1.29, 1.82) is 0 Å². The van der Waals surface area contributed by atoms with Gasteiger partial charge < -0.3 is 4.90 Å². The van der Waals surface area contributed by atoms with Crippen molar-refractivity contribution >= 4 is 54.0 Å². The largest absolute Gasteiger partial charge is 0.301 e. The van der Waals surface area contributed by atoms with Crippen LogP contribution in [-0.4, -0.2) is 9.97 Å². The van der Waals surface area contributed by atoms with Crippen LogP contribution in [0.25, 0.3) is 42.3 Å². The highest BCUT2D eigenvalue weighted by molar-refractivity contribution is 7.26. The van der Waals surface area contributed by atoms with Crippen molar-refractivity contribution in [1.82, 2.24) is 9.97 Å². The Morgan fingerprint density at radius 3 is 2.46 bits per heavy atom. The molecule has 1 unspecified atom stereocenters. The second-order valence-corrected chi connectivity index (χ2v) is 12.7. The van der Waals surface area contributed by atoms with Gasteiger partial charge in [-0.05, 0) is 40.3 Å². The minimum absolute atomic E-state index is 0.0475. The molecule has 2 atom stereocenters. The van der Waals surface area contributed by atoms with E-state index in [1.807, 2.05) is 6.07 Å². The zero-order valence-corrected chi connectivity index (χ0v) is 23.5. The highest BCUT2D eigenvalue weighted by atomic mass is 32.1. The van der Waals surface area contributed by atoms with E-state index in [1.165, 1.54) is 37.9 Å². The lowest BCUT2D eigenvalue weighted by Gasteiger charge is -2.29. The molecular formula is C37H25N3S.